The molecule has 0 heterocycles. The van der Waals surface area contributed by atoms with Crippen LogP contribution in [-0.2, 0) is 0 Å². The Kier molecular flexibility index (Phi) is 2.03. The predicted octanol–water partition coefficient (Wildman–Crippen LogP) is 2.98. The van der Waals surface area contributed by atoms with Crippen molar-refractivity contribution in [2.75, 3.05) is 0 Å². The normalized spacial score (nSPS) is 29.2. The van der Waals surface area contributed by atoms with Crippen molar-refractivity contribution in [3.05, 3.63) is 0 Å². The molecule has 2 fully saturated rings. The SMILES string of the molecule is O/N=C(\Cl)C1CCC2(CC1)CC2. The summed E-state index contributed by atoms with van der Waals surface area (Å²) in [5, 5.41) is 12.0. The van der Waals surface area contributed by atoms with Gasteiger partial charge in [-0.05, 0) is 43.9 Å². The minimum atomic E-state index is 0.336. The smallest absolute Gasteiger partial charge is 0.148 e. The first-order valence-corrected chi connectivity index (χ1v) is 5.01. The van der Waals surface area contributed by atoms with Gasteiger partial charge in [0.15, 0.2) is 0 Å². The molecular weight excluding hydrogens is 174 g/mol. The lowest BCUT2D eigenvalue weighted by molar-refractivity contribution is 0.286. The van der Waals surface area contributed by atoms with Gasteiger partial charge in [0.05, 0.1) is 0 Å². The largest absolute Gasteiger partial charge is 0.410 e. The van der Waals surface area contributed by atoms with Gasteiger partial charge in [0, 0.05) is 5.92 Å². The topological polar surface area (TPSA) is 32.6 Å². The molecular formula is C9H14ClNO. The Hall–Kier alpha value is -0.240. The van der Waals surface area contributed by atoms with Crippen molar-refractivity contribution >= 4 is 16.8 Å². The van der Waals surface area contributed by atoms with Gasteiger partial charge in [-0.1, -0.05) is 16.8 Å². The van der Waals surface area contributed by atoms with Crippen molar-refractivity contribution < 1.29 is 5.21 Å². The molecule has 0 aromatic heterocycles. The summed E-state index contributed by atoms with van der Waals surface area (Å²) in [7, 11) is 0. The maximum atomic E-state index is 8.49. The van der Waals surface area contributed by atoms with Crippen LogP contribution in [0.25, 0.3) is 0 Å². The second kappa shape index (κ2) is 2.91. The molecule has 2 nitrogen and oxygen atoms in total. The van der Waals surface area contributed by atoms with Crippen LogP contribution in [0.2, 0.25) is 0 Å². The molecule has 0 bridgehead atoms. The maximum Gasteiger partial charge on any atom is 0.148 e. The molecule has 2 aliphatic rings. The molecule has 2 saturated carbocycles. The van der Waals surface area contributed by atoms with E-state index in [2.05, 4.69) is 5.16 Å². The van der Waals surface area contributed by atoms with E-state index < -0.39 is 0 Å². The van der Waals surface area contributed by atoms with Gasteiger partial charge in [0.1, 0.15) is 5.17 Å². The molecule has 2 rings (SSSR count). The molecule has 0 amide bonds. The summed E-state index contributed by atoms with van der Waals surface area (Å²) in [5.41, 5.74) is 0.698. The molecule has 68 valence electrons. The van der Waals surface area contributed by atoms with Gasteiger partial charge in [-0.3, -0.25) is 0 Å². The standard InChI is InChI=1S/C9H14ClNO/c10-8(11-12)7-1-3-9(4-2-7)5-6-9/h7,12H,1-6H2/b11-8-. The second-order valence-electron chi connectivity index (χ2n) is 4.20. The molecule has 3 heteroatoms. The van der Waals surface area contributed by atoms with Crippen LogP contribution in [0.4, 0.5) is 0 Å². The lowest BCUT2D eigenvalue weighted by Crippen LogP contribution is -2.19. The summed E-state index contributed by atoms with van der Waals surface area (Å²) < 4.78 is 0. The number of halogens is 1. The summed E-state index contributed by atoms with van der Waals surface area (Å²) in [6.07, 6.45) is 7.61. The van der Waals surface area contributed by atoms with Crippen LogP contribution < -0.4 is 0 Å². The highest BCUT2D eigenvalue weighted by Gasteiger charge is 2.45. The van der Waals surface area contributed by atoms with Gasteiger partial charge in [0.2, 0.25) is 0 Å². The van der Waals surface area contributed by atoms with E-state index in [1.807, 2.05) is 0 Å². The van der Waals surface area contributed by atoms with Crippen molar-refractivity contribution in [1.82, 2.24) is 0 Å². The molecule has 0 saturated heterocycles. The van der Waals surface area contributed by atoms with Crippen molar-refractivity contribution in [3.63, 3.8) is 0 Å². The average molecular weight is 188 g/mol. The number of hydrogen-bond acceptors (Lipinski definition) is 2. The third kappa shape index (κ3) is 1.45. The summed E-state index contributed by atoms with van der Waals surface area (Å²) >= 11 is 5.76. The Bertz CT molecular complexity index is 201. The molecule has 0 aromatic rings. The van der Waals surface area contributed by atoms with Crippen LogP contribution in [-0.4, -0.2) is 10.4 Å². The van der Waals surface area contributed by atoms with E-state index in [0.29, 0.717) is 16.5 Å². The fourth-order valence-corrected chi connectivity index (χ4v) is 2.45. The Morgan fingerprint density at radius 3 is 2.25 bits per heavy atom. The number of rotatable bonds is 1. The number of nitrogens with zero attached hydrogens (tertiary/aromatic N) is 1. The summed E-state index contributed by atoms with van der Waals surface area (Å²) in [6.45, 7) is 0. The second-order valence-corrected chi connectivity index (χ2v) is 4.58. The van der Waals surface area contributed by atoms with Gasteiger partial charge in [-0.15, -0.1) is 0 Å². The van der Waals surface area contributed by atoms with Gasteiger partial charge in [0.25, 0.3) is 0 Å². The van der Waals surface area contributed by atoms with E-state index in [-0.39, 0.29) is 0 Å². The highest BCUT2D eigenvalue weighted by molar-refractivity contribution is 6.65. The Morgan fingerprint density at radius 1 is 1.25 bits per heavy atom. The highest BCUT2D eigenvalue weighted by Crippen LogP contribution is 2.57. The number of hydrogen-bond donors (Lipinski definition) is 1. The third-order valence-electron chi connectivity index (χ3n) is 3.44. The summed E-state index contributed by atoms with van der Waals surface area (Å²) in [6, 6.07) is 0. The summed E-state index contributed by atoms with van der Waals surface area (Å²) in [4.78, 5) is 0. The van der Waals surface area contributed by atoms with Crippen LogP contribution in [0.1, 0.15) is 38.5 Å². The van der Waals surface area contributed by atoms with Gasteiger partial charge >= 0.3 is 0 Å². The molecule has 0 aromatic carbocycles. The molecule has 0 aliphatic heterocycles. The molecule has 0 unspecified atom stereocenters. The van der Waals surface area contributed by atoms with Gasteiger partial charge in [-0.25, -0.2) is 0 Å². The van der Waals surface area contributed by atoms with E-state index >= 15 is 0 Å². The van der Waals surface area contributed by atoms with E-state index in [9.17, 15) is 0 Å². The first-order valence-electron chi connectivity index (χ1n) is 4.63. The Morgan fingerprint density at radius 2 is 1.83 bits per heavy atom. The van der Waals surface area contributed by atoms with Crippen molar-refractivity contribution in [2.24, 2.45) is 16.5 Å². The molecule has 12 heavy (non-hydrogen) atoms. The fourth-order valence-electron chi connectivity index (χ4n) is 2.23. The first-order chi connectivity index (χ1) is 5.76. The first kappa shape index (κ1) is 8.36. The van der Waals surface area contributed by atoms with E-state index in [0.717, 1.165) is 12.8 Å². The fraction of sp³-hybridized carbons (Fsp3) is 0.889. The molecule has 2 aliphatic carbocycles. The zero-order chi connectivity index (χ0) is 8.60. The summed E-state index contributed by atoms with van der Waals surface area (Å²) in [5.74, 6) is 0.336. The molecule has 1 N–H and O–H groups in total. The van der Waals surface area contributed by atoms with Crippen molar-refractivity contribution in [2.45, 2.75) is 38.5 Å². The van der Waals surface area contributed by atoms with E-state index in [1.54, 1.807) is 0 Å². The van der Waals surface area contributed by atoms with Crippen LogP contribution in [0.5, 0.6) is 0 Å². The van der Waals surface area contributed by atoms with E-state index in [1.165, 1.54) is 25.7 Å². The molecule has 0 radical (unpaired) electrons. The van der Waals surface area contributed by atoms with Crippen molar-refractivity contribution in [1.29, 1.82) is 0 Å². The lowest BCUT2D eigenvalue weighted by Gasteiger charge is -2.26. The maximum absolute atomic E-state index is 8.49. The average Bonchev–Trinajstić information content (AvgIpc) is 2.85. The monoisotopic (exact) mass is 187 g/mol. The van der Waals surface area contributed by atoms with Gasteiger partial charge < -0.3 is 5.21 Å². The molecule has 1 spiro atoms. The van der Waals surface area contributed by atoms with Crippen LogP contribution in [0, 0.1) is 11.3 Å². The van der Waals surface area contributed by atoms with Crippen LogP contribution >= 0.6 is 11.6 Å². The zero-order valence-corrected chi connectivity index (χ0v) is 7.85. The minimum Gasteiger partial charge on any atom is -0.410 e. The quantitative estimate of drug-likeness (QED) is 0.382. The third-order valence-corrected chi connectivity index (χ3v) is 3.82. The lowest BCUT2D eigenvalue weighted by atomic mass is 9.80. The van der Waals surface area contributed by atoms with Crippen LogP contribution in [0.3, 0.4) is 0 Å². The Labute approximate surface area is 77.6 Å². The predicted molar refractivity (Wildman–Crippen MR) is 48.7 cm³/mol. The van der Waals surface area contributed by atoms with Gasteiger partial charge in [-0.2, -0.15) is 0 Å². The minimum absolute atomic E-state index is 0.336. The molecule has 0 atom stereocenters. The van der Waals surface area contributed by atoms with E-state index in [4.69, 9.17) is 16.8 Å². The van der Waals surface area contributed by atoms with Crippen molar-refractivity contribution in [3.8, 4) is 0 Å². The highest BCUT2D eigenvalue weighted by atomic mass is 35.5. The zero-order valence-electron chi connectivity index (χ0n) is 7.09. The Balaban J connectivity index is 1.89. The number of oxime groups is 1. The van der Waals surface area contributed by atoms with Crippen LogP contribution in [0.15, 0.2) is 5.16 Å².